The van der Waals surface area contributed by atoms with Gasteiger partial charge in [0.25, 0.3) is 0 Å². The molecule has 2 rings (SSSR count). The molecule has 0 bridgehead atoms. The van der Waals surface area contributed by atoms with E-state index in [1.807, 2.05) is 19.9 Å². The van der Waals surface area contributed by atoms with Crippen LogP contribution >= 0.6 is 0 Å². The first-order chi connectivity index (χ1) is 9.86. The van der Waals surface area contributed by atoms with Gasteiger partial charge in [-0.1, -0.05) is 6.07 Å². The van der Waals surface area contributed by atoms with Crippen LogP contribution in [0.25, 0.3) is 0 Å². The Bertz CT molecular complexity index is 702. The molecular weight excluding hydrogens is 270 g/mol. The summed E-state index contributed by atoms with van der Waals surface area (Å²) in [6.45, 7) is 5.21. The number of hydrogen-bond donors (Lipinski definition) is 0. The molecule has 0 radical (unpaired) electrons. The molecule has 2 aromatic rings. The third-order valence-corrected chi connectivity index (χ3v) is 2.99. The Balaban J connectivity index is 2.43. The normalized spacial score (nSPS) is 10.2. The number of rotatable bonds is 4. The molecule has 0 spiro atoms. The molecule has 0 aliphatic heterocycles. The van der Waals surface area contributed by atoms with Crippen molar-refractivity contribution in [2.24, 2.45) is 0 Å². The van der Waals surface area contributed by atoms with Crippen LogP contribution in [0.15, 0.2) is 36.4 Å². The lowest BCUT2D eigenvalue weighted by Crippen LogP contribution is -1.98. The van der Waals surface area contributed by atoms with Crippen molar-refractivity contribution in [2.75, 3.05) is 0 Å². The SMILES string of the molecule is CC(=O)c1ccc(Oc2cc(C)cc(C)c2)c([N+](=O)[O-])c1. The Kier molecular flexibility index (Phi) is 4.03. The molecule has 21 heavy (non-hydrogen) atoms. The molecule has 0 saturated carbocycles. The lowest BCUT2D eigenvalue weighted by Gasteiger charge is -2.09. The van der Waals surface area contributed by atoms with E-state index < -0.39 is 4.92 Å². The Labute approximate surface area is 122 Å². The number of carbonyl (C=O) groups excluding carboxylic acids is 1. The molecule has 0 amide bonds. The molecule has 108 valence electrons. The quantitative estimate of drug-likeness (QED) is 0.479. The average Bonchev–Trinajstić information content (AvgIpc) is 2.37. The van der Waals surface area contributed by atoms with Gasteiger partial charge in [0.05, 0.1) is 4.92 Å². The van der Waals surface area contributed by atoms with Crippen molar-refractivity contribution in [3.05, 3.63) is 63.2 Å². The van der Waals surface area contributed by atoms with Crippen LogP contribution < -0.4 is 4.74 Å². The maximum absolute atomic E-state index is 11.3. The van der Waals surface area contributed by atoms with E-state index in [1.165, 1.54) is 25.1 Å². The van der Waals surface area contributed by atoms with Gasteiger partial charge in [-0.3, -0.25) is 14.9 Å². The minimum absolute atomic E-state index is 0.120. The summed E-state index contributed by atoms with van der Waals surface area (Å²) >= 11 is 0. The zero-order valence-electron chi connectivity index (χ0n) is 12.0. The fraction of sp³-hybridized carbons (Fsp3) is 0.188. The van der Waals surface area contributed by atoms with Crippen molar-refractivity contribution in [1.29, 1.82) is 0 Å². The Hall–Kier alpha value is -2.69. The standard InChI is InChI=1S/C16H15NO4/c1-10-6-11(2)8-14(7-10)21-16-5-4-13(12(3)18)9-15(16)17(19)20/h4-9H,1-3H3. The van der Waals surface area contributed by atoms with Crippen LogP contribution in [0.2, 0.25) is 0 Å². The van der Waals surface area contributed by atoms with Crippen molar-refractivity contribution in [2.45, 2.75) is 20.8 Å². The van der Waals surface area contributed by atoms with Gasteiger partial charge in [-0.05, 0) is 56.2 Å². The number of ketones is 1. The summed E-state index contributed by atoms with van der Waals surface area (Å²) in [6.07, 6.45) is 0. The molecule has 0 atom stereocenters. The van der Waals surface area contributed by atoms with Gasteiger partial charge in [0.2, 0.25) is 5.75 Å². The molecule has 5 heteroatoms. The van der Waals surface area contributed by atoms with Gasteiger partial charge in [0.1, 0.15) is 5.75 Å². The number of nitrogens with zero attached hydrogens (tertiary/aromatic N) is 1. The Morgan fingerprint density at radius 3 is 2.24 bits per heavy atom. The van der Waals surface area contributed by atoms with Crippen LogP contribution in [0, 0.1) is 24.0 Å². The second-order valence-corrected chi connectivity index (χ2v) is 4.92. The van der Waals surface area contributed by atoms with Gasteiger partial charge in [-0.25, -0.2) is 0 Å². The number of nitro benzene ring substituents is 1. The van der Waals surface area contributed by atoms with Crippen molar-refractivity contribution in [3.63, 3.8) is 0 Å². The molecule has 0 aliphatic rings. The molecule has 0 unspecified atom stereocenters. The largest absolute Gasteiger partial charge is 0.450 e. The van der Waals surface area contributed by atoms with Crippen LogP contribution in [0.4, 0.5) is 5.69 Å². The molecule has 0 aromatic heterocycles. The van der Waals surface area contributed by atoms with E-state index in [0.717, 1.165) is 11.1 Å². The first-order valence-corrected chi connectivity index (χ1v) is 6.42. The Morgan fingerprint density at radius 2 is 1.71 bits per heavy atom. The second-order valence-electron chi connectivity index (χ2n) is 4.92. The maximum Gasteiger partial charge on any atom is 0.312 e. The van der Waals surface area contributed by atoms with Gasteiger partial charge >= 0.3 is 5.69 Å². The van der Waals surface area contributed by atoms with E-state index in [0.29, 0.717) is 5.75 Å². The summed E-state index contributed by atoms with van der Waals surface area (Å²) in [6, 6.07) is 9.80. The molecule has 0 saturated heterocycles. The summed E-state index contributed by atoms with van der Waals surface area (Å²) in [5.74, 6) is 0.428. The number of Topliss-reactive ketones (excluding diaryl/α,β-unsaturated/α-hetero) is 1. The summed E-state index contributed by atoms with van der Waals surface area (Å²) in [7, 11) is 0. The molecule has 0 heterocycles. The second kappa shape index (κ2) is 5.75. The van der Waals surface area contributed by atoms with E-state index in [9.17, 15) is 14.9 Å². The fourth-order valence-corrected chi connectivity index (χ4v) is 2.08. The number of hydrogen-bond acceptors (Lipinski definition) is 4. The van der Waals surface area contributed by atoms with Crippen LogP contribution in [-0.2, 0) is 0 Å². The van der Waals surface area contributed by atoms with E-state index >= 15 is 0 Å². The van der Waals surface area contributed by atoms with E-state index in [4.69, 9.17) is 4.74 Å². The maximum atomic E-state index is 11.3. The van der Waals surface area contributed by atoms with Gasteiger partial charge in [0.15, 0.2) is 5.78 Å². The lowest BCUT2D eigenvalue weighted by atomic mass is 10.1. The number of nitro groups is 1. The first-order valence-electron chi connectivity index (χ1n) is 6.42. The van der Waals surface area contributed by atoms with E-state index in [2.05, 4.69) is 0 Å². The summed E-state index contributed by atoms with van der Waals surface area (Å²) in [5, 5.41) is 11.1. The van der Waals surface area contributed by atoms with Gasteiger partial charge in [-0.15, -0.1) is 0 Å². The first kappa shape index (κ1) is 14.7. The zero-order valence-corrected chi connectivity index (χ0v) is 12.0. The third-order valence-electron chi connectivity index (χ3n) is 2.99. The number of aryl methyl sites for hydroxylation is 2. The predicted molar refractivity (Wildman–Crippen MR) is 79.1 cm³/mol. The molecule has 0 fully saturated rings. The zero-order chi connectivity index (χ0) is 15.6. The number of benzene rings is 2. The van der Waals surface area contributed by atoms with Crippen molar-refractivity contribution in [1.82, 2.24) is 0 Å². The minimum Gasteiger partial charge on any atom is -0.450 e. The van der Waals surface area contributed by atoms with E-state index in [-0.39, 0.29) is 22.8 Å². The van der Waals surface area contributed by atoms with Crippen LogP contribution in [0.5, 0.6) is 11.5 Å². The van der Waals surface area contributed by atoms with Gasteiger partial charge < -0.3 is 4.74 Å². The minimum atomic E-state index is -0.551. The molecular formula is C16H15NO4. The molecule has 0 N–H and O–H groups in total. The highest BCUT2D eigenvalue weighted by molar-refractivity contribution is 5.95. The smallest absolute Gasteiger partial charge is 0.312 e. The lowest BCUT2D eigenvalue weighted by molar-refractivity contribution is -0.385. The van der Waals surface area contributed by atoms with E-state index in [1.54, 1.807) is 12.1 Å². The number of carbonyl (C=O) groups is 1. The molecule has 2 aromatic carbocycles. The van der Waals surface area contributed by atoms with Crippen molar-refractivity contribution < 1.29 is 14.5 Å². The third kappa shape index (κ3) is 3.45. The average molecular weight is 285 g/mol. The van der Waals surface area contributed by atoms with Crippen LogP contribution in [0.1, 0.15) is 28.4 Å². The summed E-state index contributed by atoms with van der Waals surface area (Å²) in [5.41, 5.74) is 2.08. The molecule has 0 aliphatic carbocycles. The van der Waals surface area contributed by atoms with Crippen molar-refractivity contribution >= 4 is 11.5 Å². The van der Waals surface area contributed by atoms with Crippen molar-refractivity contribution in [3.8, 4) is 11.5 Å². The number of ether oxygens (including phenoxy) is 1. The van der Waals surface area contributed by atoms with Crippen LogP contribution in [0.3, 0.4) is 0 Å². The predicted octanol–water partition coefficient (Wildman–Crippen LogP) is 4.21. The van der Waals surface area contributed by atoms with Crippen LogP contribution in [-0.4, -0.2) is 10.7 Å². The molecule has 5 nitrogen and oxygen atoms in total. The Morgan fingerprint density at radius 1 is 1.10 bits per heavy atom. The monoisotopic (exact) mass is 285 g/mol. The topological polar surface area (TPSA) is 69.4 Å². The van der Waals surface area contributed by atoms with Gasteiger partial charge in [-0.2, -0.15) is 0 Å². The highest BCUT2D eigenvalue weighted by Gasteiger charge is 2.18. The summed E-state index contributed by atoms with van der Waals surface area (Å²) in [4.78, 5) is 21.9. The van der Waals surface area contributed by atoms with Gasteiger partial charge in [0, 0.05) is 11.6 Å². The highest BCUT2D eigenvalue weighted by atomic mass is 16.6. The fourth-order valence-electron chi connectivity index (χ4n) is 2.08. The highest BCUT2D eigenvalue weighted by Crippen LogP contribution is 2.33. The summed E-state index contributed by atoms with van der Waals surface area (Å²) < 4.78 is 5.61.